The first-order chi connectivity index (χ1) is 20.7. The number of anilines is 2. The second-order valence-corrected chi connectivity index (χ2v) is 16.0. The molecular weight excluding hydrogens is 556 g/mol. The minimum absolute atomic E-state index is 0.0728. The number of nitrogens with two attached hydrogens (primary N) is 1. The van der Waals surface area contributed by atoms with Crippen LogP contribution in [-0.2, 0) is 10.2 Å². The lowest BCUT2D eigenvalue weighted by Crippen LogP contribution is -2.74. The van der Waals surface area contributed by atoms with E-state index < -0.39 is 24.5 Å². The number of quaternary nitrogens is 1. The molecule has 4 unspecified atom stereocenters. The van der Waals surface area contributed by atoms with Crippen molar-refractivity contribution in [2.24, 2.45) is 11.7 Å². The van der Waals surface area contributed by atoms with Crippen molar-refractivity contribution in [1.82, 2.24) is 19.6 Å². The molecule has 11 nitrogen and oxygen atoms in total. The fraction of sp³-hybridized carbons (Fsp3) is 0.818. The van der Waals surface area contributed by atoms with Crippen molar-refractivity contribution in [2.75, 3.05) is 65.3 Å². The molecule has 8 atom stereocenters. The van der Waals surface area contributed by atoms with E-state index in [-0.39, 0.29) is 30.0 Å². The fourth-order valence-electron chi connectivity index (χ4n) is 8.73. The van der Waals surface area contributed by atoms with Gasteiger partial charge in [-0.05, 0) is 75.4 Å². The van der Waals surface area contributed by atoms with Crippen molar-refractivity contribution >= 4 is 11.4 Å². The largest absolute Gasteiger partial charge is 0.387 e. The van der Waals surface area contributed by atoms with Gasteiger partial charge in [0.15, 0.2) is 6.17 Å². The van der Waals surface area contributed by atoms with Gasteiger partial charge in [0.1, 0.15) is 37.3 Å². The summed E-state index contributed by atoms with van der Waals surface area (Å²) in [6.45, 7) is 12.0. The molecule has 4 heterocycles. The Morgan fingerprint density at radius 2 is 1.75 bits per heavy atom. The smallest absolute Gasteiger partial charge is 0.168 e. The molecule has 4 fully saturated rings. The maximum atomic E-state index is 11.3. The van der Waals surface area contributed by atoms with Crippen LogP contribution in [0.2, 0.25) is 0 Å². The van der Waals surface area contributed by atoms with Crippen molar-refractivity contribution in [3.05, 3.63) is 23.8 Å². The first-order valence-electron chi connectivity index (χ1n) is 16.9. The molecule has 248 valence electrons. The Labute approximate surface area is 264 Å². The third kappa shape index (κ3) is 5.89. The Morgan fingerprint density at radius 3 is 2.43 bits per heavy atom. The van der Waals surface area contributed by atoms with E-state index in [1.54, 1.807) is 0 Å². The molecule has 1 aromatic rings. The van der Waals surface area contributed by atoms with Crippen LogP contribution in [0, 0.1) is 5.92 Å². The van der Waals surface area contributed by atoms with Crippen LogP contribution < -0.4 is 16.4 Å². The maximum Gasteiger partial charge on any atom is 0.168 e. The highest BCUT2D eigenvalue weighted by Crippen LogP contribution is 2.41. The lowest BCUT2D eigenvalue weighted by Gasteiger charge is -2.52. The average molecular weight is 616 g/mol. The molecule has 6 rings (SSSR count). The van der Waals surface area contributed by atoms with Gasteiger partial charge in [0.25, 0.3) is 0 Å². The van der Waals surface area contributed by atoms with Crippen molar-refractivity contribution in [2.45, 2.75) is 114 Å². The van der Waals surface area contributed by atoms with E-state index in [1.807, 2.05) is 0 Å². The van der Waals surface area contributed by atoms with Crippen LogP contribution in [0.5, 0.6) is 0 Å². The molecule has 0 radical (unpaired) electrons. The summed E-state index contributed by atoms with van der Waals surface area (Å²) in [5.41, 5.74) is 10.6. The van der Waals surface area contributed by atoms with Gasteiger partial charge in [0.2, 0.25) is 0 Å². The van der Waals surface area contributed by atoms with Crippen LogP contribution >= 0.6 is 0 Å². The summed E-state index contributed by atoms with van der Waals surface area (Å²) in [5, 5.41) is 29.8. The van der Waals surface area contributed by atoms with E-state index in [2.05, 4.69) is 104 Å². The molecule has 0 bridgehead atoms. The number of hydrogen-bond donors (Lipinski definition) is 5. The highest BCUT2D eigenvalue weighted by molar-refractivity contribution is 5.75. The van der Waals surface area contributed by atoms with Gasteiger partial charge in [-0.1, -0.05) is 33.8 Å². The van der Waals surface area contributed by atoms with Gasteiger partial charge in [0.05, 0.1) is 44.5 Å². The molecule has 1 aromatic carbocycles. The van der Waals surface area contributed by atoms with Gasteiger partial charge in [-0.2, -0.15) is 0 Å². The number of aliphatic hydroxyl groups is 2. The summed E-state index contributed by atoms with van der Waals surface area (Å²) in [7, 11) is 8.60. The Kier molecular flexibility index (Phi) is 8.78. The fourth-order valence-corrected chi connectivity index (χ4v) is 8.73. The zero-order chi connectivity index (χ0) is 31.7. The first kappa shape index (κ1) is 32.4. The van der Waals surface area contributed by atoms with Gasteiger partial charge in [-0.15, -0.1) is 0 Å². The highest BCUT2D eigenvalue weighted by atomic mass is 16.6. The molecule has 3 saturated heterocycles. The van der Waals surface area contributed by atoms with E-state index in [0.29, 0.717) is 25.2 Å². The highest BCUT2D eigenvalue weighted by Gasteiger charge is 2.60. The van der Waals surface area contributed by atoms with Gasteiger partial charge >= 0.3 is 0 Å². The molecule has 5 aliphatic rings. The second kappa shape index (κ2) is 11.9. The Hall–Kier alpha value is -1.54. The van der Waals surface area contributed by atoms with Crippen LogP contribution in [0.1, 0.15) is 58.9 Å². The predicted molar refractivity (Wildman–Crippen MR) is 175 cm³/mol. The number of nitrogens with zero attached hydrogens (tertiary/aromatic N) is 5. The van der Waals surface area contributed by atoms with Crippen LogP contribution in [0.4, 0.5) is 11.4 Å². The number of aliphatic hydroxyl groups excluding tert-OH is 2. The number of likely N-dealkylation sites (N-methyl/N-ethyl adjacent to an activating group) is 4. The summed E-state index contributed by atoms with van der Waals surface area (Å²) in [4.78, 5) is 9.18. The normalized spacial score (nSPS) is 39.2. The monoisotopic (exact) mass is 615 g/mol. The van der Waals surface area contributed by atoms with Gasteiger partial charge in [-0.3, -0.25) is 14.3 Å². The summed E-state index contributed by atoms with van der Waals surface area (Å²) in [5.74, 6) is 0.713. The predicted octanol–water partition coefficient (Wildman–Crippen LogP) is 1.64. The molecule has 0 amide bonds. The third-order valence-corrected chi connectivity index (χ3v) is 11.3. The maximum absolute atomic E-state index is 11.3. The Morgan fingerprint density at radius 1 is 1.05 bits per heavy atom. The minimum Gasteiger partial charge on any atom is -0.387 e. The molecule has 1 saturated carbocycles. The van der Waals surface area contributed by atoms with E-state index in [1.165, 1.54) is 36.2 Å². The number of rotatable bonds is 8. The molecule has 11 heteroatoms. The molecule has 1 aliphatic carbocycles. The number of fused-ring (bicyclic) bond motifs is 2. The average Bonchev–Trinajstić information content (AvgIpc) is 3.58. The number of benzene rings is 1. The number of nitrogens with one attached hydrogen (secondary N) is 2. The molecular formula is C33H59N8O3+. The van der Waals surface area contributed by atoms with Gasteiger partial charge in [0, 0.05) is 12.6 Å². The summed E-state index contributed by atoms with van der Waals surface area (Å²) < 4.78 is 7.28. The van der Waals surface area contributed by atoms with Crippen LogP contribution in [0.25, 0.3) is 0 Å². The zero-order valence-corrected chi connectivity index (χ0v) is 28.3. The SMILES string of the molecule is CCN(C[C@H]1O[C@@H](N2CN(C)C3C(N)N(C)C[N+](C)(C)C32)[C@H](O)[C@@H]1O)C1CC(CCC2Nc3ccc(C(C)(C)C)cc3N2)C1. The quantitative estimate of drug-likeness (QED) is 0.277. The van der Waals surface area contributed by atoms with Crippen molar-refractivity contribution < 1.29 is 19.4 Å². The molecule has 0 aromatic heterocycles. The van der Waals surface area contributed by atoms with Gasteiger partial charge < -0.3 is 31.3 Å². The Bertz CT molecular complexity index is 1170. The van der Waals surface area contributed by atoms with Crippen molar-refractivity contribution in [3.8, 4) is 0 Å². The standard InChI is InChI=1S/C33H59N8O3/c1-9-39(22-14-20(15-22)10-13-26-35-23-12-11-21(33(2,3)4)16-24(23)36-26)17-25-28(42)29(43)32(44-25)40-18-37(5)27-30(34)38(6)19-41(7,8)31(27)40/h11-12,16,20,22,25-32,35-36,42-43H,9-10,13-15,17-19,34H2,1-8H3/q+1/t20?,22?,25-,26?,27?,28-,29-,30?,31?,32-/m1/s1. The Balaban J connectivity index is 1.00. The van der Waals surface area contributed by atoms with E-state index in [0.717, 1.165) is 24.1 Å². The first-order valence-corrected chi connectivity index (χ1v) is 16.9. The van der Waals surface area contributed by atoms with Crippen molar-refractivity contribution in [1.29, 1.82) is 0 Å². The van der Waals surface area contributed by atoms with Crippen LogP contribution in [0.3, 0.4) is 0 Å². The third-order valence-electron chi connectivity index (χ3n) is 11.3. The summed E-state index contributed by atoms with van der Waals surface area (Å²) in [6.07, 6.45) is 2.07. The van der Waals surface area contributed by atoms with Gasteiger partial charge in [-0.25, -0.2) is 9.80 Å². The summed E-state index contributed by atoms with van der Waals surface area (Å²) in [6, 6.07) is 7.36. The van der Waals surface area contributed by atoms with Crippen LogP contribution in [0.15, 0.2) is 18.2 Å². The summed E-state index contributed by atoms with van der Waals surface area (Å²) >= 11 is 0. The molecule has 0 spiro atoms. The number of hydrogen-bond acceptors (Lipinski definition) is 10. The zero-order valence-electron chi connectivity index (χ0n) is 28.3. The molecule has 44 heavy (non-hydrogen) atoms. The lowest BCUT2D eigenvalue weighted by molar-refractivity contribution is -0.943. The molecule has 6 N–H and O–H groups in total. The lowest BCUT2D eigenvalue weighted by atomic mass is 9.76. The topological polar surface area (TPSA) is 113 Å². The van der Waals surface area contributed by atoms with E-state index in [4.69, 9.17) is 10.5 Å². The van der Waals surface area contributed by atoms with E-state index >= 15 is 0 Å². The van der Waals surface area contributed by atoms with Crippen molar-refractivity contribution in [3.63, 3.8) is 0 Å². The number of ether oxygens (including phenoxy) is 1. The van der Waals surface area contributed by atoms with E-state index in [9.17, 15) is 10.2 Å². The molecule has 4 aliphatic heterocycles. The van der Waals surface area contributed by atoms with Crippen LogP contribution in [-0.4, -0.2) is 144 Å². The minimum atomic E-state index is -0.953. The second-order valence-electron chi connectivity index (χ2n) is 16.0.